The largest absolute Gasteiger partial charge is 0.480 e. The molecule has 1 aromatic carbocycles. The minimum Gasteiger partial charge on any atom is -0.480 e. The van der Waals surface area contributed by atoms with Crippen LogP contribution in [0.15, 0.2) is 30.3 Å². The van der Waals surface area contributed by atoms with E-state index >= 15 is 0 Å². The van der Waals surface area contributed by atoms with E-state index in [1.165, 1.54) is 6.92 Å². The normalized spacial score (nSPS) is 12.8. The van der Waals surface area contributed by atoms with Gasteiger partial charge in [0.1, 0.15) is 6.04 Å². The fraction of sp³-hybridized carbons (Fsp3) is 0.412. The average molecular weight is 383 g/mol. The standard InChI is InChI=1S/C17H21NO7S/c1-10(2)16(24-15(22)12-7-5-4-6-8-12)25-17(23)26-9-13(14(20)21)18-11(3)19/h4-8,10,13,16H,9H2,1-3H3,(H,18,19)(H,20,21)/t13-,16-/m0/s1. The summed E-state index contributed by atoms with van der Waals surface area (Å²) in [5.41, 5.74) is 0.318. The molecule has 0 saturated heterocycles. The van der Waals surface area contributed by atoms with Crippen LogP contribution in [-0.4, -0.2) is 46.3 Å². The fourth-order valence-electron chi connectivity index (χ4n) is 1.74. The molecule has 2 atom stereocenters. The van der Waals surface area contributed by atoms with Gasteiger partial charge in [-0.2, -0.15) is 0 Å². The summed E-state index contributed by atoms with van der Waals surface area (Å²) in [4.78, 5) is 46.0. The van der Waals surface area contributed by atoms with Gasteiger partial charge in [0.15, 0.2) is 0 Å². The summed E-state index contributed by atoms with van der Waals surface area (Å²) < 4.78 is 10.3. The van der Waals surface area contributed by atoms with Crippen LogP contribution < -0.4 is 5.32 Å². The first-order valence-electron chi connectivity index (χ1n) is 7.80. The van der Waals surface area contributed by atoms with Crippen LogP contribution in [0.3, 0.4) is 0 Å². The van der Waals surface area contributed by atoms with Crippen LogP contribution in [0.2, 0.25) is 0 Å². The molecule has 0 aliphatic carbocycles. The number of hydrogen-bond donors (Lipinski definition) is 2. The van der Waals surface area contributed by atoms with Gasteiger partial charge in [0.2, 0.25) is 5.91 Å². The second-order valence-corrected chi connectivity index (χ2v) is 6.61. The lowest BCUT2D eigenvalue weighted by Crippen LogP contribution is -2.41. The van der Waals surface area contributed by atoms with Crippen molar-refractivity contribution >= 4 is 34.9 Å². The SMILES string of the molecule is CC(=O)N[C@@H](CSC(=O)O[C@H](OC(=O)c1ccccc1)C(C)C)C(=O)O. The van der Waals surface area contributed by atoms with Gasteiger partial charge in [-0.25, -0.2) is 14.4 Å². The van der Waals surface area contributed by atoms with E-state index in [0.29, 0.717) is 17.3 Å². The molecule has 8 nitrogen and oxygen atoms in total. The van der Waals surface area contributed by atoms with E-state index < -0.39 is 35.5 Å². The van der Waals surface area contributed by atoms with E-state index in [1.54, 1.807) is 44.2 Å². The Labute approximate surface area is 155 Å². The number of rotatable bonds is 8. The van der Waals surface area contributed by atoms with Crippen LogP contribution in [0.25, 0.3) is 0 Å². The quantitative estimate of drug-likeness (QED) is 0.518. The van der Waals surface area contributed by atoms with Crippen molar-refractivity contribution in [3.8, 4) is 0 Å². The zero-order valence-electron chi connectivity index (χ0n) is 14.6. The third kappa shape index (κ3) is 7.56. The number of aliphatic carboxylic acids is 1. The summed E-state index contributed by atoms with van der Waals surface area (Å²) in [5, 5.41) is 10.4. The summed E-state index contributed by atoms with van der Waals surface area (Å²) in [6.45, 7) is 4.59. The van der Waals surface area contributed by atoms with Gasteiger partial charge in [-0.1, -0.05) is 32.0 Å². The lowest BCUT2D eigenvalue weighted by molar-refractivity contribution is -0.140. The molecule has 1 amide bonds. The lowest BCUT2D eigenvalue weighted by Gasteiger charge is -2.21. The number of carboxylic acid groups (broad SMARTS) is 1. The number of carboxylic acids is 1. The molecule has 0 radical (unpaired) electrons. The molecular formula is C17H21NO7S. The Kier molecular flexibility index (Phi) is 8.63. The highest BCUT2D eigenvalue weighted by Crippen LogP contribution is 2.17. The Morgan fingerprint density at radius 2 is 1.73 bits per heavy atom. The first kappa shape index (κ1) is 21.5. The molecule has 0 aromatic heterocycles. The highest BCUT2D eigenvalue weighted by molar-refractivity contribution is 8.13. The van der Waals surface area contributed by atoms with Crippen LogP contribution in [-0.2, 0) is 19.1 Å². The van der Waals surface area contributed by atoms with E-state index in [0.717, 1.165) is 0 Å². The molecule has 1 aromatic rings. The molecule has 0 spiro atoms. The molecule has 0 aliphatic heterocycles. The molecule has 0 unspecified atom stereocenters. The van der Waals surface area contributed by atoms with Crippen LogP contribution in [0.4, 0.5) is 4.79 Å². The van der Waals surface area contributed by atoms with Gasteiger partial charge < -0.3 is 19.9 Å². The molecule has 9 heteroatoms. The molecule has 2 N–H and O–H groups in total. The van der Waals surface area contributed by atoms with Crippen molar-refractivity contribution in [3.05, 3.63) is 35.9 Å². The maximum atomic E-state index is 12.1. The highest BCUT2D eigenvalue weighted by atomic mass is 32.2. The van der Waals surface area contributed by atoms with Crippen molar-refractivity contribution in [2.24, 2.45) is 5.92 Å². The number of benzene rings is 1. The number of hydrogen-bond acceptors (Lipinski definition) is 7. The summed E-state index contributed by atoms with van der Waals surface area (Å²) >= 11 is 0.575. The van der Waals surface area contributed by atoms with Crippen molar-refractivity contribution in [2.45, 2.75) is 33.1 Å². The van der Waals surface area contributed by atoms with Crippen LogP contribution in [0.5, 0.6) is 0 Å². The average Bonchev–Trinajstić information content (AvgIpc) is 2.58. The first-order valence-corrected chi connectivity index (χ1v) is 8.78. The second kappa shape index (κ2) is 10.4. The van der Waals surface area contributed by atoms with Gasteiger partial charge in [0, 0.05) is 18.6 Å². The molecule has 26 heavy (non-hydrogen) atoms. The molecular weight excluding hydrogens is 362 g/mol. The lowest BCUT2D eigenvalue weighted by atomic mass is 10.2. The number of carbonyl (C=O) groups is 4. The number of thioether (sulfide) groups is 1. The van der Waals surface area contributed by atoms with E-state index in [9.17, 15) is 19.2 Å². The second-order valence-electron chi connectivity index (χ2n) is 5.65. The minimum absolute atomic E-state index is 0.217. The number of esters is 1. The number of nitrogens with one attached hydrogen (secondary N) is 1. The van der Waals surface area contributed by atoms with Gasteiger partial charge in [0.25, 0.3) is 6.29 Å². The Morgan fingerprint density at radius 1 is 1.12 bits per heavy atom. The van der Waals surface area contributed by atoms with Gasteiger partial charge in [0.05, 0.1) is 5.56 Å². The number of amides is 1. The molecule has 0 saturated carbocycles. The predicted molar refractivity (Wildman–Crippen MR) is 94.7 cm³/mol. The van der Waals surface area contributed by atoms with Gasteiger partial charge >= 0.3 is 17.2 Å². The molecule has 0 aliphatic rings. The van der Waals surface area contributed by atoms with Gasteiger partial charge in [-0.05, 0) is 23.9 Å². The third-order valence-electron chi connectivity index (χ3n) is 3.03. The third-order valence-corrected chi connectivity index (χ3v) is 3.86. The molecule has 1 rings (SSSR count). The zero-order valence-corrected chi connectivity index (χ0v) is 15.4. The Balaban J connectivity index is 2.60. The first-order chi connectivity index (χ1) is 12.2. The molecule has 0 heterocycles. The summed E-state index contributed by atoms with van der Waals surface area (Å²) in [6.07, 6.45) is -1.12. The fourth-order valence-corrected chi connectivity index (χ4v) is 2.44. The zero-order chi connectivity index (χ0) is 19.7. The van der Waals surface area contributed by atoms with E-state index in [-0.39, 0.29) is 11.7 Å². The molecule has 0 bridgehead atoms. The van der Waals surface area contributed by atoms with Gasteiger partial charge in [-0.15, -0.1) is 0 Å². The molecule has 142 valence electrons. The maximum Gasteiger partial charge on any atom is 0.370 e. The maximum absolute atomic E-state index is 12.1. The monoisotopic (exact) mass is 383 g/mol. The van der Waals surface area contributed by atoms with Crippen molar-refractivity contribution in [2.75, 3.05) is 5.75 Å². The van der Waals surface area contributed by atoms with Crippen molar-refractivity contribution < 1.29 is 33.8 Å². The Morgan fingerprint density at radius 3 is 2.23 bits per heavy atom. The van der Waals surface area contributed by atoms with Crippen LogP contribution in [0, 0.1) is 5.92 Å². The van der Waals surface area contributed by atoms with E-state index in [1.807, 2.05) is 0 Å². The summed E-state index contributed by atoms with van der Waals surface area (Å²) in [6, 6.07) is 7.02. The van der Waals surface area contributed by atoms with E-state index in [2.05, 4.69) is 5.32 Å². The number of carbonyl (C=O) groups excluding carboxylic acids is 3. The van der Waals surface area contributed by atoms with Crippen molar-refractivity contribution in [3.63, 3.8) is 0 Å². The summed E-state index contributed by atoms with van der Waals surface area (Å²) in [7, 11) is 0. The predicted octanol–water partition coefficient (Wildman–Crippen LogP) is 2.28. The van der Waals surface area contributed by atoms with Crippen molar-refractivity contribution in [1.29, 1.82) is 0 Å². The Bertz CT molecular complexity index is 648. The highest BCUT2D eigenvalue weighted by Gasteiger charge is 2.26. The topological polar surface area (TPSA) is 119 Å². The molecule has 0 fully saturated rings. The minimum atomic E-state index is -1.27. The van der Waals surface area contributed by atoms with Crippen molar-refractivity contribution in [1.82, 2.24) is 5.32 Å². The summed E-state index contributed by atoms with van der Waals surface area (Å²) in [5.74, 6) is -2.95. The van der Waals surface area contributed by atoms with Gasteiger partial charge in [-0.3, -0.25) is 4.79 Å². The number of ether oxygens (including phenoxy) is 2. The Hall–Kier alpha value is -2.55. The van der Waals surface area contributed by atoms with Crippen LogP contribution in [0.1, 0.15) is 31.1 Å². The smallest absolute Gasteiger partial charge is 0.370 e. The van der Waals surface area contributed by atoms with Crippen LogP contribution >= 0.6 is 11.8 Å². The van der Waals surface area contributed by atoms with E-state index in [4.69, 9.17) is 14.6 Å².